The largest absolute Gasteiger partial charge is 0.495 e. The molecule has 2 aliphatic rings. The van der Waals surface area contributed by atoms with Crippen molar-refractivity contribution in [2.24, 2.45) is 0 Å². The second-order valence-corrected chi connectivity index (χ2v) is 6.69. The van der Waals surface area contributed by atoms with Gasteiger partial charge < -0.3 is 9.64 Å². The lowest BCUT2D eigenvalue weighted by Gasteiger charge is -2.42. The van der Waals surface area contributed by atoms with Crippen LogP contribution >= 0.6 is 0 Å². The van der Waals surface area contributed by atoms with Crippen molar-refractivity contribution in [2.45, 2.75) is 37.8 Å². The minimum atomic E-state index is -0.0409. The molecule has 24 heavy (non-hydrogen) atoms. The summed E-state index contributed by atoms with van der Waals surface area (Å²) >= 11 is 0. The van der Waals surface area contributed by atoms with E-state index in [0.717, 1.165) is 31.6 Å². The molecule has 0 amide bonds. The highest BCUT2D eigenvalue weighted by atomic mass is 16.5. The second kappa shape index (κ2) is 5.60. The molecule has 0 radical (unpaired) electrons. The minimum absolute atomic E-state index is 0.0409. The number of ether oxygens (including phenoxy) is 1. The molecule has 124 valence electrons. The maximum absolute atomic E-state index is 13.0. The Morgan fingerprint density at radius 3 is 2.92 bits per heavy atom. The molecule has 2 aliphatic heterocycles. The van der Waals surface area contributed by atoms with Gasteiger partial charge in [-0.2, -0.15) is 5.26 Å². The van der Waals surface area contributed by atoms with Gasteiger partial charge in [0.25, 0.3) is 5.56 Å². The molecule has 1 aromatic heterocycles. The van der Waals surface area contributed by atoms with Gasteiger partial charge in [-0.05, 0) is 38.9 Å². The molecule has 3 heterocycles. The molecule has 6 heteroatoms. The number of hydrogen-bond acceptors (Lipinski definition) is 5. The average molecular weight is 324 g/mol. The molecule has 0 N–H and O–H groups in total. The van der Waals surface area contributed by atoms with Crippen molar-refractivity contribution in [1.82, 2.24) is 14.5 Å². The van der Waals surface area contributed by atoms with Crippen LogP contribution in [0.4, 0.5) is 0 Å². The van der Waals surface area contributed by atoms with Crippen LogP contribution in [0.2, 0.25) is 0 Å². The summed E-state index contributed by atoms with van der Waals surface area (Å²) in [4.78, 5) is 20.2. The van der Waals surface area contributed by atoms with Crippen LogP contribution in [0, 0.1) is 11.3 Å². The van der Waals surface area contributed by atoms with E-state index >= 15 is 0 Å². The molecule has 0 spiro atoms. The van der Waals surface area contributed by atoms with Gasteiger partial charge in [-0.3, -0.25) is 9.36 Å². The minimum Gasteiger partial charge on any atom is -0.495 e. The number of nitrogens with zero attached hydrogens (tertiary/aromatic N) is 4. The number of likely N-dealkylation sites (N-methyl/N-ethyl adjacent to an activating group) is 1. The van der Waals surface area contributed by atoms with E-state index in [9.17, 15) is 10.1 Å². The highest BCUT2D eigenvalue weighted by molar-refractivity contribution is 5.82. The molecule has 4 rings (SSSR count). The van der Waals surface area contributed by atoms with Crippen LogP contribution in [0.25, 0.3) is 10.9 Å². The van der Waals surface area contributed by atoms with Crippen LogP contribution in [-0.2, 0) is 6.54 Å². The van der Waals surface area contributed by atoms with E-state index in [1.165, 1.54) is 7.11 Å². The van der Waals surface area contributed by atoms with E-state index in [0.29, 0.717) is 40.7 Å². The predicted octanol–water partition coefficient (Wildman–Crippen LogP) is 1.86. The van der Waals surface area contributed by atoms with Gasteiger partial charge in [-0.15, -0.1) is 0 Å². The Balaban J connectivity index is 1.95. The molecule has 1 fully saturated rings. The first-order chi connectivity index (χ1) is 11.6. The van der Waals surface area contributed by atoms with Crippen molar-refractivity contribution in [1.29, 1.82) is 5.26 Å². The maximum Gasteiger partial charge on any atom is 0.261 e. The summed E-state index contributed by atoms with van der Waals surface area (Å²) in [5.74, 6) is 1.66. The first-order valence-electron chi connectivity index (χ1n) is 8.37. The van der Waals surface area contributed by atoms with Crippen molar-refractivity contribution < 1.29 is 4.74 Å². The van der Waals surface area contributed by atoms with E-state index < -0.39 is 0 Å². The Hall–Kier alpha value is -2.39. The molecule has 0 unspecified atom stereocenters. The monoisotopic (exact) mass is 324 g/mol. The summed E-state index contributed by atoms with van der Waals surface area (Å²) in [7, 11) is 3.69. The SMILES string of the molecule is COc1cc2nc3n(c(=O)c2cc1C#N)CC[C@@H]1[C@@H]3CCCN1C. The van der Waals surface area contributed by atoms with Crippen LogP contribution in [0.15, 0.2) is 16.9 Å². The summed E-state index contributed by atoms with van der Waals surface area (Å²) in [5.41, 5.74) is 0.951. The fraction of sp³-hybridized carbons (Fsp3) is 0.500. The van der Waals surface area contributed by atoms with Crippen LogP contribution in [0.1, 0.15) is 36.6 Å². The zero-order chi connectivity index (χ0) is 16.8. The lowest BCUT2D eigenvalue weighted by Crippen LogP contribution is -2.47. The topological polar surface area (TPSA) is 71.1 Å². The van der Waals surface area contributed by atoms with Crippen molar-refractivity contribution in [2.75, 3.05) is 20.7 Å². The summed E-state index contributed by atoms with van der Waals surface area (Å²) in [5, 5.41) is 9.76. The highest BCUT2D eigenvalue weighted by Crippen LogP contribution is 2.36. The van der Waals surface area contributed by atoms with Gasteiger partial charge in [0.05, 0.1) is 23.6 Å². The number of methoxy groups -OCH3 is 1. The fourth-order valence-corrected chi connectivity index (χ4v) is 4.23. The van der Waals surface area contributed by atoms with Gasteiger partial charge >= 0.3 is 0 Å². The van der Waals surface area contributed by atoms with E-state index in [1.807, 2.05) is 4.57 Å². The van der Waals surface area contributed by atoms with Crippen molar-refractivity contribution >= 4 is 10.9 Å². The van der Waals surface area contributed by atoms with Crippen molar-refractivity contribution in [3.05, 3.63) is 33.9 Å². The van der Waals surface area contributed by atoms with Gasteiger partial charge in [-0.25, -0.2) is 4.98 Å². The number of aromatic nitrogens is 2. The van der Waals surface area contributed by atoms with Crippen LogP contribution in [-0.4, -0.2) is 41.2 Å². The predicted molar refractivity (Wildman–Crippen MR) is 90.3 cm³/mol. The van der Waals surface area contributed by atoms with Crippen molar-refractivity contribution in [3.63, 3.8) is 0 Å². The van der Waals surface area contributed by atoms with Gasteiger partial charge in [-0.1, -0.05) is 0 Å². The van der Waals surface area contributed by atoms with Crippen LogP contribution in [0.5, 0.6) is 5.75 Å². The molecule has 2 aromatic rings. The molecule has 1 aromatic carbocycles. The zero-order valence-electron chi connectivity index (χ0n) is 14.0. The first-order valence-corrected chi connectivity index (χ1v) is 8.37. The van der Waals surface area contributed by atoms with E-state index in [1.54, 1.807) is 12.1 Å². The van der Waals surface area contributed by atoms with E-state index in [2.05, 4.69) is 18.0 Å². The van der Waals surface area contributed by atoms with Crippen LogP contribution in [0.3, 0.4) is 0 Å². The van der Waals surface area contributed by atoms with Crippen molar-refractivity contribution in [3.8, 4) is 11.8 Å². The van der Waals surface area contributed by atoms with E-state index in [4.69, 9.17) is 9.72 Å². The van der Waals surface area contributed by atoms with Gasteiger partial charge in [0.2, 0.25) is 0 Å². The fourth-order valence-electron chi connectivity index (χ4n) is 4.23. The Morgan fingerprint density at radius 1 is 1.33 bits per heavy atom. The lowest BCUT2D eigenvalue weighted by atomic mass is 9.84. The number of benzene rings is 1. The first kappa shape index (κ1) is 15.2. The summed E-state index contributed by atoms with van der Waals surface area (Å²) in [6.45, 7) is 1.80. The summed E-state index contributed by atoms with van der Waals surface area (Å²) in [6, 6.07) is 5.87. The summed E-state index contributed by atoms with van der Waals surface area (Å²) < 4.78 is 7.09. The lowest BCUT2D eigenvalue weighted by molar-refractivity contribution is 0.123. The average Bonchev–Trinajstić information content (AvgIpc) is 2.61. The Morgan fingerprint density at radius 2 is 2.17 bits per heavy atom. The number of likely N-dealkylation sites (tertiary alicyclic amines) is 1. The quantitative estimate of drug-likeness (QED) is 0.801. The van der Waals surface area contributed by atoms with Gasteiger partial charge in [0.1, 0.15) is 17.6 Å². The Kier molecular flexibility index (Phi) is 3.54. The third kappa shape index (κ3) is 2.12. The summed E-state index contributed by atoms with van der Waals surface area (Å²) in [6.07, 6.45) is 3.17. The number of piperidine rings is 1. The second-order valence-electron chi connectivity index (χ2n) is 6.69. The normalized spacial score (nSPS) is 23.4. The molecular formula is C18H20N4O2. The van der Waals surface area contributed by atoms with Gasteiger partial charge in [0.15, 0.2) is 0 Å². The van der Waals surface area contributed by atoms with E-state index in [-0.39, 0.29) is 5.56 Å². The molecule has 2 atom stereocenters. The zero-order valence-corrected chi connectivity index (χ0v) is 14.0. The third-order valence-electron chi connectivity index (χ3n) is 5.46. The van der Waals surface area contributed by atoms with Gasteiger partial charge in [0, 0.05) is 24.6 Å². The molecular weight excluding hydrogens is 304 g/mol. The Labute approximate surface area is 140 Å². The molecule has 0 bridgehead atoms. The number of rotatable bonds is 1. The smallest absolute Gasteiger partial charge is 0.261 e. The Bertz CT molecular complexity index is 912. The maximum atomic E-state index is 13.0. The molecule has 6 nitrogen and oxygen atoms in total. The van der Waals surface area contributed by atoms with Crippen LogP contribution < -0.4 is 10.3 Å². The molecule has 1 saturated heterocycles. The number of hydrogen-bond donors (Lipinski definition) is 0. The standard InChI is InChI=1S/C18H20N4O2/c1-21-6-3-4-12-15(21)5-7-22-17(12)20-14-9-16(24-2)11(10-19)8-13(14)18(22)23/h8-9,12,15H,3-7H2,1-2H3/t12-,15+/m0/s1. The number of fused-ring (bicyclic) bond motifs is 4. The highest BCUT2D eigenvalue weighted by Gasteiger charge is 2.36. The number of nitriles is 1. The molecule has 0 saturated carbocycles. The third-order valence-corrected chi connectivity index (χ3v) is 5.46. The molecule has 0 aliphatic carbocycles.